The lowest BCUT2D eigenvalue weighted by Crippen LogP contribution is -1.91. The normalized spacial score (nSPS) is 10.8. The van der Waals surface area contributed by atoms with Crippen molar-refractivity contribution >= 4 is 34.1 Å². The van der Waals surface area contributed by atoms with E-state index >= 15 is 0 Å². The summed E-state index contributed by atoms with van der Waals surface area (Å²) in [5.41, 5.74) is 0. The number of halogens is 1. The Bertz CT molecular complexity index is 464. The van der Waals surface area contributed by atoms with Crippen molar-refractivity contribution in [2.24, 2.45) is 0 Å². The zero-order valence-corrected chi connectivity index (χ0v) is 9.29. The van der Waals surface area contributed by atoms with Gasteiger partial charge < -0.3 is 4.74 Å². The lowest BCUT2D eigenvalue weighted by Gasteiger charge is -2.00. The quantitative estimate of drug-likeness (QED) is 0.771. The summed E-state index contributed by atoms with van der Waals surface area (Å²) in [7, 11) is 0. The molecule has 0 amide bonds. The number of hydrogen-bond donors (Lipinski definition) is 1. The highest BCUT2D eigenvalue weighted by Gasteiger charge is 2.12. The number of hydrogen-bond acceptors (Lipinski definition) is 3. The molecule has 2 rings (SSSR count). The van der Waals surface area contributed by atoms with Crippen molar-refractivity contribution in [1.82, 2.24) is 0 Å². The predicted molar refractivity (Wildman–Crippen MR) is 60.2 cm³/mol. The van der Waals surface area contributed by atoms with Crippen LogP contribution in [0.1, 0.15) is 6.92 Å². The van der Waals surface area contributed by atoms with E-state index in [4.69, 9.17) is 4.74 Å². The van der Waals surface area contributed by atoms with Gasteiger partial charge in [-0.1, -0.05) is 0 Å². The molecule has 74 valence electrons. The molecular formula is C10H9FOS2. The van der Waals surface area contributed by atoms with Crippen molar-refractivity contribution in [3.8, 4) is 5.75 Å². The van der Waals surface area contributed by atoms with E-state index in [1.807, 2.05) is 25.1 Å². The Morgan fingerprint density at radius 2 is 2.29 bits per heavy atom. The summed E-state index contributed by atoms with van der Waals surface area (Å²) in [6.45, 7) is 2.32. The first kappa shape index (κ1) is 9.80. The van der Waals surface area contributed by atoms with Crippen molar-refractivity contribution in [3.63, 3.8) is 0 Å². The molecule has 0 atom stereocenters. The molecular weight excluding hydrogens is 219 g/mol. The minimum Gasteiger partial charge on any atom is -0.489 e. The van der Waals surface area contributed by atoms with Crippen LogP contribution in [0, 0.1) is 5.13 Å². The maximum absolute atomic E-state index is 13.4. The van der Waals surface area contributed by atoms with E-state index in [9.17, 15) is 4.39 Å². The largest absolute Gasteiger partial charge is 0.489 e. The third kappa shape index (κ3) is 1.60. The van der Waals surface area contributed by atoms with Crippen LogP contribution in [-0.2, 0) is 0 Å². The van der Waals surface area contributed by atoms with E-state index in [0.717, 1.165) is 26.3 Å². The van der Waals surface area contributed by atoms with Crippen molar-refractivity contribution in [3.05, 3.63) is 23.3 Å². The predicted octanol–water partition coefficient (Wildman–Crippen LogP) is 3.73. The summed E-state index contributed by atoms with van der Waals surface area (Å²) in [6, 6.07) is 5.51. The average molecular weight is 228 g/mol. The molecule has 0 fully saturated rings. The highest BCUT2D eigenvalue weighted by molar-refractivity contribution is 7.80. The first-order chi connectivity index (χ1) is 6.72. The van der Waals surface area contributed by atoms with Crippen LogP contribution in [0.25, 0.3) is 10.1 Å². The fraction of sp³-hybridized carbons (Fsp3) is 0.200. The van der Waals surface area contributed by atoms with Crippen molar-refractivity contribution in [1.29, 1.82) is 0 Å². The highest BCUT2D eigenvalue weighted by atomic mass is 32.1. The van der Waals surface area contributed by atoms with Crippen LogP contribution < -0.4 is 4.74 Å². The number of rotatable bonds is 2. The molecule has 1 aromatic heterocycles. The molecule has 1 nitrogen and oxygen atoms in total. The Morgan fingerprint density at radius 1 is 1.50 bits per heavy atom. The van der Waals surface area contributed by atoms with Gasteiger partial charge in [-0.25, -0.2) is 0 Å². The van der Waals surface area contributed by atoms with Gasteiger partial charge in [0.2, 0.25) is 5.13 Å². The zero-order valence-electron chi connectivity index (χ0n) is 7.58. The second-order valence-corrected chi connectivity index (χ2v) is 4.34. The van der Waals surface area contributed by atoms with Gasteiger partial charge in [0.15, 0.2) is 5.75 Å². The molecule has 0 bridgehead atoms. The van der Waals surface area contributed by atoms with Crippen LogP contribution in [0.15, 0.2) is 23.1 Å². The maximum Gasteiger partial charge on any atom is 0.219 e. The Morgan fingerprint density at radius 3 is 3.00 bits per heavy atom. The van der Waals surface area contributed by atoms with E-state index in [1.54, 1.807) is 0 Å². The molecule has 0 aliphatic rings. The average Bonchev–Trinajstić information content (AvgIpc) is 2.43. The first-order valence-corrected chi connectivity index (χ1v) is 5.52. The number of thiol groups is 1. The Kier molecular flexibility index (Phi) is 2.65. The second kappa shape index (κ2) is 3.79. The van der Waals surface area contributed by atoms with Crippen LogP contribution in [0.3, 0.4) is 0 Å². The van der Waals surface area contributed by atoms with E-state index in [2.05, 4.69) is 12.6 Å². The van der Waals surface area contributed by atoms with Crippen LogP contribution in [-0.4, -0.2) is 6.61 Å². The van der Waals surface area contributed by atoms with Gasteiger partial charge in [-0.05, 0) is 25.1 Å². The summed E-state index contributed by atoms with van der Waals surface area (Å²) in [6.07, 6.45) is 0. The fourth-order valence-electron chi connectivity index (χ4n) is 1.31. The monoisotopic (exact) mass is 228 g/mol. The van der Waals surface area contributed by atoms with Crippen LogP contribution in [0.5, 0.6) is 5.75 Å². The highest BCUT2D eigenvalue weighted by Crippen LogP contribution is 2.37. The molecule has 1 heterocycles. The summed E-state index contributed by atoms with van der Waals surface area (Å²) in [5.74, 6) is 0.362. The molecule has 0 aliphatic carbocycles. The smallest absolute Gasteiger partial charge is 0.219 e. The Hall–Kier alpha value is -0.740. The van der Waals surface area contributed by atoms with Gasteiger partial charge in [0, 0.05) is 15.0 Å². The Labute approximate surface area is 90.9 Å². The maximum atomic E-state index is 13.4. The lowest BCUT2D eigenvalue weighted by atomic mass is 10.2. The molecule has 1 aromatic carbocycles. The molecule has 0 saturated carbocycles. The topological polar surface area (TPSA) is 9.23 Å². The van der Waals surface area contributed by atoms with E-state index < -0.39 is 0 Å². The third-order valence-electron chi connectivity index (χ3n) is 1.88. The van der Waals surface area contributed by atoms with Crippen molar-refractivity contribution in [2.45, 2.75) is 11.8 Å². The molecule has 0 spiro atoms. The molecule has 2 aromatic rings. The van der Waals surface area contributed by atoms with Crippen LogP contribution in [0.2, 0.25) is 0 Å². The lowest BCUT2D eigenvalue weighted by molar-refractivity contribution is 0.330. The van der Waals surface area contributed by atoms with Crippen molar-refractivity contribution in [2.75, 3.05) is 6.61 Å². The van der Waals surface area contributed by atoms with Crippen molar-refractivity contribution < 1.29 is 9.13 Å². The van der Waals surface area contributed by atoms with Gasteiger partial charge in [-0.2, -0.15) is 4.39 Å². The minimum atomic E-state index is -0.263. The number of benzene rings is 1. The van der Waals surface area contributed by atoms with E-state index in [-0.39, 0.29) is 5.13 Å². The Balaban J connectivity index is 2.64. The summed E-state index contributed by atoms with van der Waals surface area (Å²) < 4.78 is 19.5. The van der Waals surface area contributed by atoms with Gasteiger partial charge in [0.25, 0.3) is 0 Å². The molecule has 0 saturated heterocycles. The zero-order chi connectivity index (χ0) is 10.1. The van der Waals surface area contributed by atoms with Gasteiger partial charge >= 0.3 is 0 Å². The number of thiophene rings is 1. The first-order valence-electron chi connectivity index (χ1n) is 4.26. The molecule has 14 heavy (non-hydrogen) atoms. The molecule has 0 N–H and O–H groups in total. The van der Waals surface area contributed by atoms with Gasteiger partial charge in [-0.3, -0.25) is 0 Å². The molecule has 0 unspecified atom stereocenters. The number of ether oxygens (including phenoxy) is 1. The molecule has 4 heteroatoms. The van der Waals surface area contributed by atoms with E-state index in [0.29, 0.717) is 12.4 Å². The van der Waals surface area contributed by atoms with Crippen LogP contribution in [0.4, 0.5) is 4.39 Å². The summed E-state index contributed by atoms with van der Waals surface area (Å²) in [5, 5.41) is 0.563. The van der Waals surface area contributed by atoms with Gasteiger partial charge in [0.05, 0.1) is 6.61 Å². The second-order valence-electron chi connectivity index (χ2n) is 2.82. The number of fused-ring (bicyclic) bond motifs is 1. The fourth-order valence-corrected chi connectivity index (χ4v) is 2.51. The van der Waals surface area contributed by atoms with E-state index in [1.165, 1.54) is 0 Å². The minimum absolute atomic E-state index is 0.263. The molecule has 0 radical (unpaired) electrons. The summed E-state index contributed by atoms with van der Waals surface area (Å²) >= 11 is 5.29. The standard InChI is InChI=1S/C10H9FOS2/c1-2-12-9-7-4-3-6(13)5-8(7)14-10(9)11/h3-5,13H,2H2,1H3. The van der Waals surface area contributed by atoms with Crippen LogP contribution >= 0.6 is 24.0 Å². The molecule has 0 aliphatic heterocycles. The van der Waals surface area contributed by atoms with Gasteiger partial charge in [0.1, 0.15) is 0 Å². The SMILES string of the molecule is CCOc1c(F)sc2cc(S)ccc12. The third-order valence-corrected chi connectivity index (χ3v) is 3.08. The van der Waals surface area contributed by atoms with Gasteiger partial charge in [-0.15, -0.1) is 24.0 Å². The summed E-state index contributed by atoms with van der Waals surface area (Å²) in [4.78, 5) is 0.835.